The Labute approximate surface area is 212 Å². The molecule has 1 N–H and O–H groups in total. The lowest BCUT2D eigenvalue weighted by atomic mass is 10.0. The molecule has 0 bridgehead atoms. The molecule has 0 heterocycles. The summed E-state index contributed by atoms with van der Waals surface area (Å²) in [6.45, 7) is 4.79. The topological polar surface area (TPSA) is 58.6 Å². The van der Waals surface area contributed by atoms with Crippen molar-refractivity contribution < 1.29 is 14.3 Å². The molecular weight excluding hydrogens is 456 g/mol. The number of amides is 2. The maximum Gasteiger partial charge on any atom is 0.243 e. The summed E-state index contributed by atoms with van der Waals surface area (Å²) in [7, 11) is 1.62. The van der Waals surface area contributed by atoms with E-state index in [0.717, 1.165) is 21.8 Å². The van der Waals surface area contributed by atoms with Crippen LogP contribution in [0.3, 0.4) is 0 Å². The molecule has 2 amide bonds. The number of thioether (sulfide) groups is 1. The maximum atomic E-state index is 13.6. The highest BCUT2D eigenvalue weighted by atomic mass is 32.2. The van der Waals surface area contributed by atoms with Gasteiger partial charge in [-0.2, -0.15) is 0 Å². The van der Waals surface area contributed by atoms with Crippen LogP contribution in [0.2, 0.25) is 0 Å². The number of ether oxygens (including phenoxy) is 1. The number of aryl methyl sites for hydroxylation is 1. The van der Waals surface area contributed by atoms with Crippen molar-refractivity contribution in [2.75, 3.05) is 19.4 Å². The second-order valence-electron chi connectivity index (χ2n) is 8.38. The first-order valence-electron chi connectivity index (χ1n) is 11.9. The summed E-state index contributed by atoms with van der Waals surface area (Å²) in [6.07, 6.45) is 0.792. The Balaban J connectivity index is 1.83. The molecular formula is C29H34N2O3S. The van der Waals surface area contributed by atoms with Crippen molar-refractivity contribution in [2.24, 2.45) is 0 Å². The normalized spacial score (nSPS) is 11.5. The van der Waals surface area contributed by atoms with E-state index < -0.39 is 6.04 Å². The van der Waals surface area contributed by atoms with Crippen molar-refractivity contribution in [3.63, 3.8) is 0 Å². The molecule has 0 aliphatic rings. The molecule has 35 heavy (non-hydrogen) atoms. The fourth-order valence-electron chi connectivity index (χ4n) is 3.85. The van der Waals surface area contributed by atoms with Gasteiger partial charge < -0.3 is 15.0 Å². The maximum absolute atomic E-state index is 13.6. The zero-order valence-electron chi connectivity index (χ0n) is 20.7. The molecule has 1 atom stereocenters. The van der Waals surface area contributed by atoms with Gasteiger partial charge in [0.15, 0.2) is 0 Å². The predicted molar refractivity (Wildman–Crippen MR) is 143 cm³/mol. The molecule has 3 rings (SSSR count). The van der Waals surface area contributed by atoms with E-state index in [1.807, 2.05) is 61.5 Å². The van der Waals surface area contributed by atoms with Gasteiger partial charge in [0, 0.05) is 36.6 Å². The fraction of sp³-hybridized carbons (Fsp3) is 0.310. The highest BCUT2D eigenvalue weighted by molar-refractivity contribution is 7.99. The van der Waals surface area contributed by atoms with Gasteiger partial charge in [-0.25, -0.2) is 0 Å². The Morgan fingerprint density at radius 3 is 2.37 bits per heavy atom. The molecule has 0 unspecified atom stereocenters. The van der Waals surface area contributed by atoms with Crippen LogP contribution in [0.4, 0.5) is 0 Å². The van der Waals surface area contributed by atoms with Crippen LogP contribution in [0, 0.1) is 6.92 Å². The van der Waals surface area contributed by atoms with E-state index in [-0.39, 0.29) is 11.8 Å². The quantitative estimate of drug-likeness (QED) is 0.352. The van der Waals surface area contributed by atoms with Gasteiger partial charge >= 0.3 is 0 Å². The van der Waals surface area contributed by atoms with Gasteiger partial charge in [-0.3, -0.25) is 9.59 Å². The Kier molecular flexibility index (Phi) is 10.2. The van der Waals surface area contributed by atoms with E-state index in [1.165, 1.54) is 5.56 Å². The molecule has 0 aromatic heterocycles. The van der Waals surface area contributed by atoms with Gasteiger partial charge in [-0.05, 0) is 49.2 Å². The Morgan fingerprint density at radius 2 is 1.69 bits per heavy atom. The third-order valence-corrected chi connectivity index (χ3v) is 6.73. The number of likely N-dealkylation sites (N-methyl/N-ethyl adjacent to an activating group) is 1. The molecule has 0 spiro atoms. The summed E-state index contributed by atoms with van der Waals surface area (Å²) in [6, 6.07) is 25.2. The fourth-order valence-corrected chi connectivity index (χ4v) is 4.69. The molecule has 3 aromatic rings. The van der Waals surface area contributed by atoms with Crippen LogP contribution >= 0.6 is 11.8 Å². The van der Waals surface area contributed by atoms with Gasteiger partial charge in [0.2, 0.25) is 11.8 Å². The lowest BCUT2D eigenvalue weighted by Crippen LogP contribution is -2.50. The van der Waals surface area contributed by atoms with Crippen LogP contribution in [0.5, 0.6) is 5.75 Å². The summed E-state index contributed by atoms with van der Waals surface area (Å²) in [5.41, 5.74) is 3.15. The predicted octanol–water partition coefficient (Wildman–Crippen LogP) is 5.26. The SMILES string of the molecule is CCNC(=O)[C@@H](Cc1ccccc1)N(Cc1cccc(OC)c1)C(=O)CCSc1ccc(C)cc1. The minimum Gasteiger partial charge on any atom is -0.497 e. The number of carbonyl (C=O) groups excluding carboxylic acids is 2. The molecule has 0 aliphatic carbocycles. The van der Waals surface area contributed by atoms with Gasteiger partial charge in [0.1, 0.15) is 11.8 Å². The van der Waals surface area contributed by atoms with E-state index in [1.54, 1.807) is 23.8 Å². The minimum absolute atomic E-state index is 0.0420. The first kappa shape index (κ1) is 26.4. The summed E-state index contributed by atoms with van der Waals surface area (Å²) in [5.74, 6) is 1.19. The largest absolute Gasteiger partial charge is 0.497 e. The molecule has 184 valence electrons. The summed E-state index contributed by atoms with van der Waals surface area (Å²) >= 11 is 1.65. The Bertz CT molecular complexity index is 1090. The van der Waals surface area contributed by atoms with Crippen LogP contribution < -0.4 is 10.1 Å². The van der Waals surface area contributed by atoms with Crippen LogP contribution in [0.15, 0.2) is 83.8 Å². The lowest BCUT2D eigenvalue weighted by Gasteiger charge is -2.31. The van der Waals surface area contributed by atoms with E-state index in [9.17, 15) is 9.59 Å². The van der Waals surface area contributed by atoms with Crippen molar-refractivity contribution in [1.29, 1.82) is 0 Å². The van der Waals surface area contributed by atoms with E-state index in [2.05, 4.69) is 36.5 Å². The number of nitrogens with zero attached hydrogens (tertiary/aromatic N) is 1. The number of hydrogen-bond acceptors (Lipinski definition) is 4. The first-order valence-corrected chi connectivity index (χ1v) is 12.9. The summed E-state index contributed by atoms with van der Waals surface area (Å²) in [4.78, 5) is 29.6. The molecule has 0 aliphatic heterocycles. The Hall–Kier alpha value is -3.25. The Morgan fingerprint density at radius 1 is 0.971 bits per heavy atom. The lowest BCUT2D eigenvalue weighted by molar-refractivity contribution is -0.140. The number of nitrogens with one attached hydrogen (secondary N) is 1. The smallest absolute Gasteiger partial charge is 0.243 e. The van der Waals surface area contributed by atoms with Crippen molar-refractivity contribution in [1.82, 2.24) is 10.2 Å². The summed E-state index contributed by atoms with van der Waals surface area (Å²) < 4.78 is 5.38. The van der Waals surface area contributed by atoms with Gasteiger partial charge in [0.05, 0.1) is 7.11 Å². The monoisotopic (exact) mass is 490 g/mol. The number of benzene rings is 3. The van der Waals surface area contributed by atoms with Gasteiger partial charge in [-0.15, -0.1) is 11.8 Å². The molecule has 5 nitrogen and oxygen atoms in total. The molecule has 0 saturated heterocycles. The van der Waals surface area contributed by atoms with Crippen molar-refractivity contribution in [2.45, 2.75) is 44.2 Å². The van der Waals surface area contributed by atoms with Crippen molar-refractivity contribution in [3.05, 3.63) is 95.6 Å². The summed E-state index contributed by atoms with van der Waals surface area (Å²) in [5, 5.41) is 2.93. The van der Waals surface area contributed by atoms with E-state index >= 15 is 0 Å². The van der Waals surface area contributed by atoms with Crippen LogP contribution in [-0.4, -0.2) is 42.2 Å². The molecule has 0 radical (unpaired) electrons. The average molecular weight is 491 g/mol. The third-order valence-electron chi connectivity index (χ3n) is 5.71. The first-order chi connectivity index (χ1) is 17.0. The zero-order chi connectivity index (χ0) is 25.0. The highest BCUT2D eigenvalue weighted by Crippen LogP contribution is 2.22. The van der Waals surface area contributed by atoms with E-state index in [4.69, 9.17) is 4.74 Å². The average Bonchev–Trinajstić information content (AvgIpc) is 2.88. The van der Waals surface area contributed by atoms with Crippen LogP contribution in [-0.2, 0) is 22.6 Å². The molecule has 0 saturated carbocycles. The zero-order valence-corrected chi connectivity index (χ0v) is 21.5. The van der Waals surface area contributed by atoms with Gasteiger partial charge in [-0.1, -0.05) is 60.2 Å². The number of methoxy groups -OCH3 is 1. The van der Waals surface area contributed by atoms with Crippen LogP contribution in [0.1, 0.15) is 30.0 Å². The van der Waals surface area contributed by atoms with Crippen molar-refractivity contribution >= 4 is 23.6 Å². The molecule has 3 aromatic carbocycles. The highest BCUT2D eigenvalue weighted by Gasteiger charge is 2.30. The van der Waals surface area contributed by atoms with Gasteiger partial charge in [0.25, 0.3) is 0 Å². The van der Waals surface area contributed by atoms with Crippen LogP contribution in [0.25, 0.3) is 0 Å². The van der Waals surface area contributed by atoms with Crippen molar-refractivity contribution in [3.8, 4) is 5.75 Å². The number of hydrogen-bond donors (Lipinski definition) is 1. The number of carbonyl (C=O) groups is 2. The minimum atomic E-state index is -0.611. The number of rotatable bonds is 12. The van der Waals surface area contributed by atoms with E-state index in [0.29, 0.717) is 31.7 Å². The second kappa shape index (κ2) is 13.6. The molecule has 6 heteroatoms. The standard InChI is InChI=1S/C29H34N2O3S/c1-4-30-29(33)27(20-23-9-6-5-7-10-23)31(21-24-11-8-12-25(19-24)34-3)28(32)17-18-35-26-15-13-22(2)14-16-26/h5-16,19,27H,4,17-18,20-21H2,1-3H3,(H,30,33)/t27-/m1/s1. The second-order valence-corrected chi connectivity index (χ2v) is 9.55. The molecule has 0 fully saturated rings. The third kappa shape index (κ3) is 8.18.